The average molecular weight is 441 g/mol. The highest BCUT2D eigenvalue weighted by molar-refractivity contribution is 6.05. The third kappa shape index (κ3) is 3.19. The molecule has 1 aliphatic carbocycles. The number of furan rings is 1. The van der Waals surface area contributed by atoms with Crippen LogP contribution in [0.15, 0.2) is 34.9 Å². The van der Waals surface area contributed by atoms with Crippen molar-refractivity contribution < 1.29 is 13.7 Å². The lowest BCUT2D eigenvalue weighted by Gasteiger charge is -2.25. The Hall–Kier alpha value is -2.81. The molecule has 0 N–H and O–H groups in total. The fourth-order valence-corrected chi connectivity index (χ4v) is 6.27. The summed E-state index contributed by atoms with van der Waals surface area (Å²) in [6.07, 6.45) is 9.22. The number of aryl methyl sites for hydroxylation is 2. The van der Waals surface area contributed by atoms with Crippen LogP contribution in [-0.4, -0.2) is 0 Å². The summed E-state index contributed by atoms with van der Waals surface area (Å²) in [5.74, 6) is 3.34. The van der Waals surface area contributed by atoms with Crippen LogP contribution in [0.2, 0.25) is 0 Å². The molecule has 3 nitrogen and oxygen atoms in total. The Morgan fingerprint density at radius 3 is 2.64 bits per heavy atom. The van der Waals surface area contributed by atoms with E-state index in [0.29, 0.717) is 11.8 Å². The van der Waals surface area contributed by atoms with Gasteiger partial charge in [-0.3, -0.25) is 0 Å². The highest BCUT2D eigenvalue weighted by Gasteiger charge is 2.36. The predicted octanol–water partition coefficient (Wildman–Crippen LogP) is 7.73. The molecule has 0 unspecified atom stereocenters. The van der Waals surface area contributed by atoms with Gasteiger partial charge in [0.05, 0.1) is 17.4 Å². The minimum absolute atomic E-state index is 0.606. The fraction of sp³-hybridized carbons (Fsp3) is 0.433. The Morgan fingerprint density at radius 2 is 1.88 bits per heavy atom. The van der Waals surface area contributed by atoms with Crippen molar-refractivity contribution in [2.75, 3.05) is 0 Å². The number of hydrogen-bond donors (Lipinski definition) is 0. The molecule has 4 aromatic rings. The van der Waals surface area contributed by atoms with Gasteiger partial charge in [-0.05, 0) is 66.7 Å². The van der Waals surface area contributed by atoms with Gasteiger partial charge in [-0.25, -0.2) is 0 Å². The maximum atomic E-state index is 6.89. The van der Waals surface area contributed by atoms with E-state index in [9.17, 15) is 0 Å². The first kappa shape index (κ1) is 20.8. The van der Waals surface area contributed by atoms with Crippen molar-refractivity contribution in [3.05, 3.63) is 52.8 Å². The van der Waals surface area contributed by atoms with Gasteiger partial charge < -0.3 is 9.15 Å². The lowest BCUT2D eigenvalue weighted by Crippen LogP contribution is -2.34. The zero-order chi connectivity index (χ0) is 22.9. The second-order valence-corrected chi connectivity index (χ2v) is 10.8. The van der Waals surface area contributed by atoms with Crippen LogP contribution in [0.4, 0.5) is 0 Å². The van der Waals surface area contributed by atoms with Crippen molar-refractivity contribution in [3.8, 4) is 22.8 Å². The molecule has 1 aliphatic heterocycles. The highest BCUT2D eigenvalue weighted by Crippen LogP contribution is 2.51. The minimum atomic E-state index is 0.606. The Bertz CT molecular complexity index is 1400. The van der Waals surface area contributed by atoms with Crippen LogP contribution in [0.25, 0.3) is 33.1 Å². The Balaban J connectivity index is 1.68. The van der Waals surface area contributed by atoms with E-state index < -0.39 is 0 Å². The van der Waals surface area contributed by atoms with Gasteiger partial charge in [0, 0.05) is 11.5 Å². The molecule has 0 atom stereocenters. The van der Waals surface area contributed by atoms with Crippen LogP contribution in [0, 0.1) is 25.7 Å². The normalized spacial score (nSPS) is 15.6. The molecule has 3 heteroatoms. The molecule has 3 heterocycles. The van der Waals surface area contributed by atoms with Gasteiger partial charge >= 0.3 is 0 Å². The maximum absolute atomic E-state index is 6.89. The van der Waals surface area contributed by atoms with Gasteiger partial charge in [0.1, 0.15) is 12.8 Å². The molecule has 0 saturated heterocycles. The third-order valence-corrected chi connectivity index (χ3v) is 7.95. The van der Waals surface area contributed by atoms with E-state index in [1.807, 2.05) is 6.26 Å². The number of pyridine rings is 1. The van der Waals surface area contributed by atoms with Gasteiger partial charge in [0.2, 0.25) is 11.3 Å². The van der Waals surface area contributed by atoms with Gasteiger partial charge in [-0.1, -0.05) is 51.7 Å². The molecule has 2 aromatic heterocycles. The summed E-state index contributed by atoms with van der Waals surface area (Å²) in [6.45, 7) is 9.07. The summed E-state index contributed by atoms with van der Waals surface area (Å²) in [5.41, 5.74) is 9.96. The SMILES string of the molecule is Cc1cc2cc(CC(C)C)cc3c2c(c1C)-c1c(c(CC2CCCC2)c2occc2[n+]1C)O3. The van der Waals surface area contributed by atoms with Gasteiger partial charge in [-0.2, -0.15) is 4.57 Å². The lowest BCUT2D eigenvalue weighted by molar-refractivity contribution is -0.634. The predicted molar refractivity (Wildman–Crippen MR) is 134 cm³/mol. The topological polar surface area (TPSA) is 26.2 Å². The van der Waals surface area contributed by atoms with Crippen molar-refractivity contribution in [1.82, 2.24) is 0 Å². The van der Waals surface area contributed by atoms with Crippen molar-refractivity contribution in [3.63, 3.8) is 0 Å². The van der Waals surface area contributed by atoms with Crippen LogP contribution >= 0.6 is 0 Å². The van der Waals surface area contributed by atoms with Crippen LogP contribution in [0.5, 0.6) is 11.5 Å². The molecular weight excluding hydrogens is 406 g/mol. The fourth-order valence-electron chi connectivity index (χ4n) is 6.27. The number of benzene rings is 2. The number of nitrogens with zero attached hydrogens (tertiary/aromatic N) is 1. The standard InChI is InChI=1S/C30H34NO2/c1-17(2)12-21-14-22-13-18(3)19(4)26-27(22)25(16-21)33-30-23(15-20-8-6-7-9-20)29-24(10-11-32-29)31(5)28(26)30/h10-11,13-14,16-17,20H,6-9,12,15H2,1-5H3/q+1. The number of hydrogen-bond acceptors (Lipinski definition) is 2. The quantitative estimate of drug-likeness (QED) is 0.267. The molecule has 2 aromatic carbocycles. The smallest absolute Gasteiger partial charge is 0.257 e. The Kier molecular flexibility index (Phi) is 4.79. The molecule has 170 valence electrons. The zero-order valence-corrected chi connectivity index (χ0v) is 20.5. The Labute approximate surface area is 196 Å². The first-order chi connectivity index (χ1) is 15.9. The van der Waals surface area contributed by atoms with Crippen molar-refractivity contribution >= 4 is 21.9 Å². The van der Waals surface area contributed by atoms with E-state index in [2.05, 4.69) is 63.6 Å². The van der Waals surface area contributed by atoms with Crippen LogP contribution in [0.3, 0.4) is 0 Å². The van der Waals surface area contributed by atoms with E-state index >= 15 is 0 Å². The molecule has 1 saturated carbocycles. The molecular formula is C30H34NO2+. The molecule has 0 spiro atoms. The van der Waals surface area contributed by atoms with E-state index in [1.54, 1.807) is 0 Å². The molecule has 2 aliphatic rings. The summed E-state index contributed by atoms with van der Waals surface area (Å²) in [6, 6.07) is 9.11. The van der Waals surface area contributed by atoms with Gasteiger partial charge in [0.15, 0.2) is 0 Å². The summed E-state index contributed by atoms with van der Waals surface area (Å²) < 4.78 is 15.3. The molecule has 0 bridgehead atoms. The van der Waals surface area contributed by atoms with E-state index in [0.717, 1.165) is 35.4 Å². The van der Waals surface area contributed by atoms with E-state index in [1.165, 1.54) is 70.0 Å². The number of aromatic nitrogens is 1. The monoisotopic (exact) mass is 440 g/mol. The van der Waals surface area contributed by atoms with Crippen LogP contribution in [0.1, 0.15) is 61.8 Å². The summed E-state index contributed by atoms with van der Waals surface area (Å²) in [7, 11) is 2.16. The largest absolute Gasteiger partial charge is 0.457 e. The Morgan fingerprint density at radius 1 is 1.09 bits per heavy atom. The van der Waals surface area contributed by atoms with Crippen molar-refractivity contribution in [2.45, 2.75) is 66.2 Å². The van der Waals surface area contributed by atoms with Gasteiger partial charge in [-0.15, -0.1) is 0 Å². The number of fused-ring (bicyclic) bond motifs is 3. The summed E-state index contributed by atoms with van der Waals surface area (Å²) in [5, 5.41) is 2.54. The summed E-state index contributed by atoms with van der Waals surface area (Å²) >= 11 is 0. The van der Waals surface area contributed by atoms with Crippen molar-refractivity contribution in [2.24, 2.45) is 18.9 Å². The first-order valence-corrected chi connectivity index (χ1v) is 12.6. The number of ether oxygens (including phenoxy) is 1. The second kappa shape index (κ2) is 7.62. The molecule has 0 amide bonds. The zero-order valence-electron chi connectivity index (χ0n) is 20.5. The maximum Gasteiger partial charge on any atom is 0.257 e. The van der Waals surface area contributed by atoms with E-state index in [-0.39, 0.29) is 0 Å². The lowest BCUT2D eigenvalue weighted by atomic mass is 9.87. The van der Waals surface area contributed by atoms with Gasteiger partial charge in [0.25, 0.3) is 11.2 Å². The number of rotatable bonds is 4. The molecule has 6 rings (SSSR count). The minimum Gasteiger partial charge on any atom is -0.457 e. The third-order valence-electron chi connectivity index (χ3n) is 7.95. The van der Waals surface area contributed by atoms with Crippen LogP contribution in [-0.2, 0) is 19.9 Å². The molecule has 0 radical (unpaired) electrons. The van der Waals surface area contributed by atoms with Crippen LogP contribution < -0.4 is 9.30 Å². The molecule has 33 heavy (non-hydrogen) atoms. The summed E-state index contributed by atoms with van der Waals surface area (Å²) in [4.78, 5) is 0. The molecule has 1 fully saturated rings. The highest BCUT2D eigenvalue weighted by atomic mass is 16.5. The first-order valence-electron chi connectivity index (χ1n) is 12.6. The average Bonchev–Trinajstić information content (AvgIpc) is 3.45. The van der Waals surface area contributed by atoms with Crippen molar-refractivity contribution in [1.29, 1.82) is 0 Å². The second-order valence-electron chi connectivity index (χ2n) is 10.8. The van der Waals surface area contributed by atoms with E-state index in [4.69, 9.17) is 9.15 Å².